The van der Waals surface area contributed by atoms with Crippen LogP contribution in [0.2, 0.25) is 0 Å². The van der Waals surface area contributed by atoms with Crippen LogP contribution in [-0.4, -0.2) is 35.4 Å². The van der Waals surface area contributed by atoms with E-state index in [4.69, 9.17) is 0 Å². The first-order valence-electron chi connectivity index (χ1n) is 4.38. The van der Waals surface area contributed by atoms with E-state index in [1.54, 1.807) is 11.3 Å². The topological polar surface area (TPSA) is 20.3 Å². The molecule has 0 bridgehead atoms. The van der Waals surface area contributed by atoms with Gasteiger partial charge in [0.1, 0.15) is 0 Å². The zero-order valence-corrected chi connectivity index (χ0v) is 11.3. The van der Waals surface area contributed by atoms with Crippen molar-refractivity contribution in [3.63, 3.8) is 0 Å². The van der Waals surface area contributed by atoms with Gasteiger partial charge in [-0.25, -0.2) is 0 Å². The minimum atomic E-state index is 0.199. The van der Waals surface area contributed by atoms with Crippen LogP contribution >= 0.6 is 45.7 Å². The van der Waals surface area contributed by atoms with Gasteiger partial charge in [0.15, 0.2) is 0 Å². The zero-order chi connectivity index (χ0) is 9.97. The molecule has 0 atom stereocenters. The average Bonchev–Trinajstić information content (AvgIpc) is 2.65. The van der Waals surface area contributed by atoms with Gasteiger partial charge in [0.05, 0.1) is 8.45 Å². The summed E-state index contributed by atoms with van der Waals surface area (Å²) in [6, 6.07) is 1.97. The Hall–Kier alpha value is 0.250. The lowest BCUT2D eigenvalue weighted by Crippen LogP contribution is -2.37. The zero-order valence-electron chi connectivity index (χ0n) is 7.53. The van der Waals surface area contributed by atoms with E-state index in [0.717, 1.165) is 30.2 Å². The normalized spacial score (nSPS) is 17.1. The Labute approximate surface area is 105 Å². The van der Waals surface area contributed by atoms with Crippen LogP contribution in [0.4, 0.5) is 0 Å². The number of hydrogen-bond donors (Lipinski definition) is 0. The Morgan fingerprint density at radius 3 is 2.71 bits per heavy atom. The lowest BCUT2D eigenvalue weighted by molar-refractivity contribution is 0.0773. The molecule has 0 unspecified atom stereocenters. The smallest absolute Gasteiger partial charge is 0.254 e. The van der Waals surface area contributed by atoms with Crippen LogP contribution < -0.4 is 0 Å². The molecule has 5 heteroatoms. The van der Waals surface area contributed by atoms with E-state index in [-0.39, 0.29) is 5.91 Å². The standard InChI is InChI=1S/C9H10INOS2/c10-8-5-7(6-14-8)9(12)11-1-3-13-4-2-11/h5-6H,1-4H2. The number of amides is 1. The molecule has 1 saturated heterocycles. The molecule has 2 heterocycles. The lowest BCUT2D eigenvalue weighted by atomic mass is 10.3. The van der Waals surface area contributed by atoms with Crippen molar-refractivity contribution < 1.29 is 4.79 Å². The van der Waals surface area contributed by atoms with Crippen LogP contribution in [0.15, 0.2) is 11.4 Å². The fraction of sp³-hybridized carbons (Fsp3) is 0.444. The highest BCUT2D eigenvalue weighted by atomic mass is 127. The molecule has 14 heavy (non-hydrogen) atoms. The van der Waals surface area contributed by atoms with E-state index in [2.05, 4.69) is 22.6 Å². The van der Waals surface area contributed by atoms with Crippen LogP contribution in [-0.2, 0) is 0 Å². The molecular formula is C9H10INOS2. The average molecular weight is 339 g/mol. The summed E-state index contributed by atoms with van der Waals surface area (Å²) in [5.74, 6) is 2.35. The van der Waals surface area contributed by atoms with Gasteiger partial charge in [-0.2, -0.15) is 11.8 Å². The molecule has 0 spiro atoms. The van der Waals surface area contributed by atoms with Crippen molar-refractivity contribution in [2.75, 3.05) is 24.6 Å². The van der Waals surface area contributed by atoms with E-state index < -0.39 is 0 Å². The summed E-state index contributed by atoms with van der Waals surface area (Å²) in [6.45, 7) is 1.80. The predicted molar refractivity (Wildman–Crippen MR) is 70.3 cm³/mol. The van der Waals surface area contributed by atoms with E-state index in [9.17, 15) is 4.79 Å². The molecule has 1 amide bonds. The third-order valence-corrected chi connectivity index (χ3v) is 4.84. The van der Waals surface area contributed by atoms with Crippen LogP contribution in [0.3, 0.4) is 0 Å². The monoisotopic (exact) mass is 339 g/mol. The highest BCUT2D eigenvalue weighted by Crippen LogP contribution is 2.19. The molecule has 76 valence electrons. The summed E-state index contributed by atoms with van der Waals surface area (Å²) in [5.41, 5.74) is 0.853. The second-order valence-electron chi connectivity index (χ2n) is 3.04. The van der Waals surface area contributed by atoms with Gasteiger partial charge >= 0.3 is 0 Å². The van der Waals surface area contributed by atoms with Gasteiger partial charge in [0, 0.05) is 30.0 Å². The van der Waals surface area contributed by atoms with Crippen molar-refractivity contribution in [3.8, 4) is 0 Å². The van der Waals surface area contributed by atoms with Gasteiger partial charge in [-0.3, -0.25) is 4.79 Å². The number of thioether (sulfide) groups is 1. The SMILES string of the molecule is O=C(c1csc(I)c1)N1CCSCC1. The van der Waals surface area contributed by atoms with Crippen molar-refractivity contribution >= 4 is 51.6 Å². The van der Waals surface area contributed by atoms with Gasteiger partial charge in [0.25, 0.3) is 5.91 Å². The number of rotatable bonds is 1. The summed E-state index contributed by atoms with van der Waals surface area (Å²) in [6.07, 6.45) is 0. The second-order valence-corrected chi connectivity index (χ2v) is 7.07. The van der Waals surface area contributed by atoms with Crippen molar-refractivity contribution in [1.82, 2.24) is 4.90 Å². The van der Waals surface area contributed by atoms with E-state index >= 15 is 0 Å². The van der Waals surface area contributed by atoms with Gasteiger partial charge < -0.3 is 4.90 Å². The molecule has 2 nitrogen and oxygen atoms in total. The number of nitrogens with zero attached hydrogens (tertiary/aromatic N) is 1. The Morgan fingerprint density at radius 1 is 1.43 bits per heavy atom. The number of hydrogen-bond acceptors (Lipinski definition) is 3. The molecule has 0 saturated carbocycles. The summed E-state index contributed by atoms with van der Waals surface area (Å²) in [4.78, 5) is 13.9. The van der Waals surface area contributed by atoms with Crippen LogP contribution in [0, 0.1) is 2.88 Å². The van der Waals surface area contributed by atoms with Crippen molar-refractivity contribution in [2.24, 2.45) is 0 Å². The molecule has 1 aromatic heterocycles. The molecule has 0 N–H and O–H groups in total. The van der Waals surface area contributed by atoms with Crippen LogP contribution in [0.1, 0.15) is 10.4 Å². The maximum atomic E-state index is 11.9. The quantitative estimate of drug-likeness (QED) is 0.733. The number of carbonyl (C=O) groups is 1. The number of thiophene rings is 1. The molecule has 1 aliphatic heterocycles. The Morgan fingerprint density at radius 2 is 2.14 bits per heavy atom. The van der Waals surface area contributed by atoms with Crippen molar-refractivity contribution in [3.05, 3.63) is 19.9 Å². The number of halogens is 1. The summed E-state index contributed by atoms with van der Waals surface area (Å²) in [7, 11) is 0. The summed E-state index contributed by atoms with van der Waals surface area (Å²) >= 11 is 5.80. The minimum absolute atomic E-state index is 0.199. The third-order valence-electron chi connectivity index (χ3n) is 2.11. The molecular weight excluding hydrogens is 329 g/mol. The van der Waals surface area contributed by atoms with Gasteiger partial charge in [-0.05, 0) is 28.7 Å². The first kappa shape index (κ1) is 10.8. The highest BCUT2D eigenvalue weighted by Gasteiger charge is 2.18. The van der Waals surface area contributed by atoms with E-state index in [1.165, 1.54) is 2.88 Å². The fourth-order valence-electron chi connectivity index (χ4n) is 1.37. The first-order chi connectivity index (χ1) is 6.77. The third kappa shape index (κ3) is 2.43. The van der Waals surface area contributed by atoms with Gasteiger partial charge in [-0.1, -0.05) is 0 Å². The molecule has 1 fully saturated rings. The molecule has 0 radical (unpaired) electrons. The summed E-state index contributed by atoms with van der Waals surface area (Å²) in [5, 5.41) is 1.95. The predicted octanol–water partition coefficient (Wildman–Crippen LogP) is 2.54. The number of carbonyl (C=O) groups excluding carboxylic acids is 1. The Bertz CT molecular complexity index is 333. The minimum Gasteiger partial charge on any atom is -0.337 e. The lowest BCUT2D eigenvalue weighted by Gasteiger charge is -2.25. The van der Waals surface area contributed by atoms with Crippen LogP contribution in [0.25, 0.3) is 0 Å². The summed E-state index contributed by atoms with van der Waals surface area (Å²) < 4.78 is 1.18. The van der Waals surface area contributed by atoms with Gasteiger partial charge in [0.2, 0.25) is 0 Å². The molecule has 0 aromatic carbocycles. The van der Waals surface area contributed by atoms with Crippen molar-refractivity contribution in [1.29, 1.82) is 0 Å². The fourth-order valence-corrected chi connectivity index (χ4v) is 3.59. The molecule has 1 aliphatic rings. The van der Waals surface area contributed by atoms with E-state index in [1.807, 2.05) is 28.1 Å². The highest BCUT2D eigenvalue weighted by molar-refractivity contribution is 14.1. The second kappa shape index (κ2) is 4.85. The van der Waals surface area contributed by atoms with Crippen molar-refractivity contribution in [2.45, 2.75) is 0 Å². The maximum absolute atomic E-state index is 11.9. The molecule has 1 aromatic rings. The van der Waals surface area contributed by atoms with E-state index in [0.29, 0.717) is 0 Å². The largest absolute Gasteiger partial charge is 0.337 e. The Kier molecular flexibility index (Phi) is 3.73. The first-order valence-corrected chi connectivity index (χ1v) is 7.50. The molecule has 0 aliphatic carbocycles. The van der Waals surface area contributed by atoms with Gasteiger partial charge in [-0.15, -0.1) is 11.3 Å². The van der Waals surface area contributed by atoms with Crippen LogP contribution in [0.5, 0.6) is 0 Å². The maximum Gasteiger partial charge on any atom is 0.254 e. The Balaban J connectivity index is 2.07. The molecule has 2 rings (SSSR count).